The molecular formula is C62H60O14. The molecule has 2 heterocycles. The molecule has 0 aromatic heterocycles. The van der Waals surface area contributed by atoms with Gasteiger partial charge < -0.3 is 52.1 Å². The summed E-state index contributed by atoms with van der Waals surface area (Å²) in [6.45, 7) is 0.495. The maximum absolute atomic E-state index is 14.2. The van der Waals surface area contributed by atoms with Crippen LogP contribution in [0.15, 0.2) is 212 Å². The van der Waals surface area contributed by atoms with E-state index in [4.69, 9.17) is 52.1 Å². The number of hydrogen-bond acceptors (Lipinski definition) is 14. The van der Waals surface area contributed by atoms with Gasteiger partial charge in [-0.3, -0.25) is 0 Å². The maximum atomic E-state index is 14.2. The van der Waals surface area contributed by atoms with Gasteiger partial charge in [0.15, 0.2) is 30.9 Å². The minimum absolute atomic E-state index is 0.0553. The number of carbonyl (C=O) groups is 3. The van der Waals surface area contributed by atoms with Gasteiger partial charge in [0.2, 0.25) is 0 Å². The average molecular weight is 1030 g/mol. The lowest BCUT2D eigenvalue weighted by Crippen LogP contribution is -2.64. The van der Waals surface area contributed by atoms with Gasteiger partial charge >= 0.3 is 17.9 Å². The largest absolute Gasteiger partial charge is 0.452 e. The van der Waals surface area contributed by atoms with E-state index in [9.17, 15) is 14.4 Å². The number of ether oxygens (including phenoxy) is 11. The highest BCUT2D eigenvalue weighted by Crippen LogP contribution is 2.35. The van der Waals surface area contributed by atoms with Gasteiger partial charge in [0.1, 0.15) is 30.5 Å². The van der Waals surface area contributed by atoms with Crippen molar-refractivity contribution in [3.8, 4) is 0 Å². The Morgan fingerprint density at radius 1 is 0.342 bits per heavy atom. The smallest absolute Gasteiger partial charge is 0.338 e. The summed E-state index contributed by atoms with van der Waals surface area (Å²) in [5.74, 6) is -2.32. The van der Waals surface area contributed by atoms with Crippen molar-refractivity contribution in [3.05, 3.63) is 251 Å². The monoisotopic (exact) mass is 1030 g/mol. The molecule has 392 valence electrons. The Labute approximate surface area is 442 Å². The third kappa shape index (κ3) is 14.5. The predicted molar refractivity (Wildman–Crippen MR) is 278 cm³/mol. The maximum Gasteiger partial charge on any atom is 0.338 e. The van der Waals surface area contributed by atoms with E-state index in [1.165, 1.54) is 7.11 Å². The van der Waals surface area contributed by atoms with Crippen molar-refractivity contribution in [2.75, 3.05) is 20.3 Å². The predicted octanol–water partition coefficient (Wildman–Crippen LogP) is 9.75. The molecule has 76 heavy (non-hydrogen) atoms. The van der Waals surface area contributed by atoms with Gasteiger partial charge in [0, 0.05) is 7.11 Å². The molecule has 14 heteroatoms. The van der Waals surface area contributed by atoms with Crippen LogP contribution in [0.2, 0.25) is 0 Å². The Morgan fingerprint density at radius 2 is 0.684 bits per heavy atom. The minimum Gasteiger partial charge on any atom is -0.452 e. The highest BCUT2D eigenvalue weighted by Gasteiger charge is 2.55. The number of rotatable bonds is 23. The van der Waals surface area contributed by atoms with E-state index < -0.39 is 79.3 Å². The van der Waals surface area contributed by atoms with Crippen LogP contribution in [0, 0.1) is 0 Å². The van der Waals surface area contributed by atoms with Crippen molar-refractivity contribution in [2.24, 2.45) is 0 Å². The molecule has 0 N–H and O–H groups in total. The third-order valence-electron chi connectivity index (χ3n) is 12.8. The Morgan fingerprint density at radius 3 is 1.12 bits per heavy atom. The van der Waals surface area contributed by atoms with Gasteiger partial charge in [0.25, 0.3) is 0 Å². The second kappa shape index (κ2) is 27.4. The molecular weight excluding hydrogens is 969 g/mol. The Bertz CT molecular complexity index is 2830. The van der Waals surface area contributed by atoms with Crippen LogP contribution >= 0.6 is 0 Å². The first-order valence-corrected chi connectivity index (χ1v) is 25.2. The summed E-state index contributed by atoms with van der Waals surface area (Å²) >= 11 is 0. The molecule has 2 aliphatic heterocycles. The molecule has 2 aliphatic rings. The van der Waals surface area contributed by atoms with Crippen LogP contribution in [0.3, 0.4) is 0 Å². The summed E-state index contributed by atoms with van der Waals surface area (Å²) in [5, 5.41) is 0. The number of esters is 3. The molecule has 0 saturated carbocycles. The lowest BCUT2D eigenvalue weighted by molar-refractivity contribution is -0.343. The number of carbonyl (C=O) groups excluding carboxylic acids is 3. The van der Waals surface area contributed by atoms with Crippen molar-refractivity contribution in [3.63, 3.8) is 0 Å². The quantitative estimate of drug-likeness (QED) is 0.0441. The molecule has 2 saturated heterocycles. The molecule has 7 aromatic rings. The van der Waals surface area contributed by atoms with E-state index >= 15 is 0 Å². The topological polar surface area (TPSA) is 153 Å². The van der Waals surface area contributed by atoms with Crippen LogP contribution in [0.1, 0.15) is 53.3 Å². The van der Waals surface area contributed by atoms with Crippen molar-refractivity contribution in [2.45, 2.75) is 87.8 Å². The number of methoxy groups -OCH3 is 1. The Hall–Kier alpha value is -7.37. The van der Waals surface area contributed by atoms with E-state index in [-0.39, 0.29) is 56.3 Å². The van der Waals surface area contributed by atoms with E-state index in [0.29, 0.717) is 0 Å². The molecule has 14 nitrogen and oxygen atoms in total. The van der Waals surface area contributed by atoms with Gasteiger partial charge in [-0.15, -0.1) is 0 Å². The van der Waals surface area contributed by atoms with E-state index in [0.717, 1.165) is 22.3 Å². The van der Waals surface area contributed by atoms with Gasteiger partial charge in [0.05, 0.1) is 56.3 Å². The number of hydrogen-bond donors (Lipinski definition) is 0. The molecule has 9 rings (SSSR count). The molecule has 0 bridgehead atoms. The first-order chi connectivity index (χ1) is 37.4. The van der Waals surface area contributed by atoms with E-state index in [1.54, 1.807) is 91.0 Å². The fraction of sp³-hybridized carbons (Fsp3) is 0.274. The van der Waals surface area contributed by atoms with Gasteiger partial charge in [-0.05, 0) is 58.7 Å². The average Bonchev–Trinajstić information content (AvgIpc) is 3.48. The van der Waals surface area contributed by atoms with Crippen LogP contribution in [0.5, 0.6) is 0 Å². The standard InChI is InChI=1S/C62H60O14/c1-66-61-57(76-60(65)49-35-21-8-22-36-49)55(75-59(64)48-33-19-7-20-34-48)53(74-58(63)47-31-17-6-18-32-47)51(72-61)42-71-62-56(70-40-46-29-15-5-16-30-46)54(69-39-45-27-13-4-14-28-45)52(68-38-44-25-11-3-12-26-44)50(73-62)41-67-37-43-23-9-2-10-24-43/h2-36,50-57,61-62H,37-42H2,1H3/t50-,51-,52-,53-,54+,55+,56-,57-,61+,62?/m1/s1. The normalized spacial score (nSPS) is 23.2. The van der Waals surface area contributed by atoms with Crippen LogP contribution in [0.4, 0.5) is 0 Å². The lowest BCUT2D eigenvalue weighted by atomic mass is 9.96. The lowest BCUT2D eigenvalue weighted by Gasteiger charge is -2.47. The van der Waals surface area contributed by atoms with Crippen molar-refractivity contribution in [1.29, 1.82) is 0 Å². The van der Waals surface area contributed by atoms with Crippen molar-refractivity contribution >= 4 is 17.9 Å². The SMILES string of the molecule is CO[C@H]1O[C@H](COC2O[C@H](COCc3ccccc3)[C@@H](OCc3ccccc3)[C@H](OCc3ccccc3)[C@H]2OCc2ccccc2)[C@@H](OC(=O)c2ccccc2)[C@H](OC(=O)c2ccccc2)[C@H]1OC(=O)c1ccccc1. The van der Waals surface area contributed by atoms with Crippen molar-refractivity contribution < 1.29 is 66.5 Å². The second-order valence-electron chi connectivity index (χ2n) is 18.1. The zero-order chi connectivity index (χ0) is 52.3. The highest BCUT2D eigenvalue weighted by molar-refractivity contribution is 5.91. The van der Waals surface area contributed by atoms with Gasteiger partial charge in [-0.25, -0.2) is 14.4 Å². The molecule has 10 atom stereocenters. The summed E-state index contributed by atoms with van der Waals surface area (Å²) < 4.78 is 72.2. The zero-order valence-electron chi connectivity index (χ0n) is 41.9. The molecule has 1 unspecified atom stereocenters. The second-order valence-corrected chi connectivity index (χ2v) is 18.1. The fourth-order valence-corrected chi connectivity index (χ4v) is 8.97. The molecule has 0 radical (unpaired) electrons. The van der Waals surface area contributed by atoms with Gasteiger partial charge in [-0.1, -0.05) is 176 Å². The summed E-state index contributed by atoms with van der Waals surface area (Å²) in [7, 11) is 1.36. The molecule has 2 fully saturated rings. The van der Waals surface area contributed by atoms with Crippen LogP contribution < -0.4 is 0 Å². The van der Waals surface area contributed by atoms with E-state index in [2.05, 4.69) is 0 Å². The third-order valence-corrected chi connectivity index (χ3v) is 12.8. The Kier molecular flexibility index (Phi) is 19.3. The molecule has 0 amide bonds. The minimum atomic E-state index is -1.52. The van der Waals surface area contributed by atoms with Gasteiger partial charge in [-0.2, -0.15) is 0 Å². The molecule has 7 aromatic carbocycles. The first-order valence-electron chi connectivity index (χ1n) is 25.2. The summed E-state index contributed by atoms with van der Waals surface area (Å²) in [4.78, 5) is 42.3. The Balaban J connectivity index is 1.08. The fourth-order valence-electron chi connectivity index (χ4n) is 8.97. The van der Waals surface area contributed by atoms with Crippen LogP contribution in [-0.4, -0.2) is 99.6 Å². The number of benzene rings is 7. The zero-order valence-corrected chi connectivity index (χ0v) is 41.9. The summed E-state index contributed by atoms with van der Waals surface area (Å²) in [5.41, 5.74) is 4.28. The molecule has 0 spiro atoms. The van der Waals surface area contributed by atoms with Crippen LogP contribution in [0.25, 0.3) is 0 Å². The molecule has 0 aliphatic carbocycles. The van der Waals surface area contributed by atoms with E-state index in [1.807, 2.05) is 121 Å². The summed E-state index contributed by atoms with van der Waals surface area (Å²) in [6, 6.07) is 63.9. The van der Waals surface area contributed by atoms with Crippen molar-refractivity contribution in [1.82, 2.24) is 0 Å². The highest BCUT2D eigenvalue weighted by atomic mass is 16.8. The van der Waals surface area contributed by atoms with Crippen LogP contribution in [-0.2, 0) is 78.5 Å². The summed E-state index contributed by atoms with van der Waals surface area (Å²) in [6.07, 6.45) is -11.7. The first kappa shape index (κ1) is 53.5.